The van der Waals surface area contributed by atoms with Crippen LogP contribution in [0.3, 0.4) is 0 Å². The normalized spacial score (nSPS) is 16.6. The minimum atomic E-state index is 0.167. The quantitative estimate of drug-likeness (QED) is 0.532. The molecule has 2 heterocycles. The second-order valence-corrected chi connectivity index (χ2v) is 3.78. The molecule has 0 atom stereocenters. The lowest BCUT2D eigenvalue weighted by molar-refractivity contribution is 0.0674. The minimum Gasteiger partial charge on any atom is -0.378 e. The average Bonchev–Trinajstić information content (AvgIpc) is 2.87. The maximum atomic E-state index is 8.58. The van der Waals surface area contributed by atoms with Crippen molar-refractivity contribution in [1.29, 1.82) is 5.26 Å². The van der Waals surface area contributed by atoms with E-state index in [9.17, 15) is 0 Å². The van der Waals surface area contributed by atoms with Crippen LogP contribution in [0.2, 0.25) is 0 Å². The summed E-state index contributed by atoms with van der Waals surface area (Å²) in [5.41, 5.74) is 5.87. The van der Waals surface area contributed by atoms with Gasteiger partial charge in [-0.3, -0.25) is 4.99 Å². The molecule has 1 saturated heterocycles. The summed E-state index contributed by atoms with van der Waals surface area (Å²) in [5, 5.41) is 12.5. The molecule has 0 aromatic carbocycles. The molecule has 0 radical (unpaired) electrons. The fourth-order valence-corrected chi connectivity index (χ4v) is 1.61. The molecule has 1 aromatic heterocycles. The molecule has 8 nitrogen and oxygen atoms in total. The predicted molar refractivity (Wildman–Crippen MR) is 63.6 cm³/mol. The van der Waals surface area contributed by atoms with Gasteiger partial charge in [-0.15, -0.1) is 5.10 Å². The number of morpholine rings is 1. The van der Waals surface area contributed by atoms with E-state index in [4.69, 9.17) is 15.7 Å². The van der Waals surface area contributed by atoms with Crippen LogP contribution in [0.1, 0.15) is 5.82 Å². The fraction of sp³-hybridized carbons (Fsp3) is 0.600. The van der Waals surface area contributed by atoms with Gasteiger partial charge in [0.05, 0.1) is 26.3 Å². The van der Waals surface area contributed by atoms with E-state index in [0.717, 1.165) is 13.1 Å². The number of rotatable bonds is 3. The van der Waals surface area contributed by atoms with E-state index >= 15 is 0 Å². The van der Waals surface area contributed by atoms with Crippen LogP contribution in [0.15, 0.2) is 11.3 Å². The second kappa shape index (κ2) is 5.97. The van der Waals surface area contributed by atoms with E-state index in [1.165, 1.54) is 6.33 Å². The summed E-state index contributed by atoms with van der Waals surface area (Å²) in [5.74, 6) is 0.694. The monoisotopic (exact) mass is 249 g/mol. The van der Waals surface area contributed by atoms with Crippen molar-refractivity contribution in [3.05, 3.63) is 12.2 Å². The molecule has 1 aromatic rings. The van der Waals surface area contributed by atoms with E-state index in [-0.39, 0.29) is 5.82 Å². The second-order valence-electron chi connectivity index (χ2n) is 3.78. The van der Waals surface area contributed by atoms with Gasteiger partial charge in [0.25, 0.3) is 5.82 Å². The maximum absolute atomic E-state index is 8.58. The Morgan fingerprint density at radius 3 is 3.00 bits per heavy atom. The molecular weight excluding hydrogens is 234 g/mol. The Morgan fingerprint density at radius 2 is 2.33 bits per heavy atom. The Kier molecular flexibility index (Phi) is 4.09. The molecule has 0 saturated carbocycles. The topological polar surface area (TPSA) is 105 Å². The van der Waals surface area contributed by atoms with Crippen LogP contribution in [-0.2, 0) is 11.3 Å². The Morgan fingerprint density at radius 1 is 1.56 bits per heavy atom. The summed E-state index contributed by atoms with van der Waals surface area (Å²) in [6.07, 6.45) is 1.51. The van der Waals surface area contributed by atoms with Crippen molar-refractivity contribution in [3.63, 3.8) is 0 Å². The Labute approximate surface area is 105 Å². The molecule has 2 rings (SSSR count). The molecule has 0 spiro atoms. The lowest BCUT2D eigenvalue weighted by Crippen LogP contribution is -2.44. The highest BCUT2D eigenvalue weighted by Crippen LogP contribution is 1.96. The van der Waals surface area contributed by atoms with Gasteiger partial charge in [-0.2, -0.15) is 5.26 Å². The molecule has 0 aliphatic carbocycles. The molecule has 2 N–H and O–H groups in total. The summed E-state index contributed by atoms with van der Waals surface area (Å²) in [6, 6.07) is 1.87. The molecule has 0 bridgehead atoms. The highest BCUT2D eigenvalue weighted by molar-refractivity contribution is 5.78. The summed E-state index contributed by atoms with van der Waals surface area (Å²) in [4.78, 5) is 10.1. The largest absolute Gasteiger partial charge is 0.378 e. The van der Waals surface area contributed by atoms with E-state index in [2.05, 4.69) is 15.1 Å². The third-order valence-electron chi connectivity index (χ3n) is 2.57. The van der Waals surface area contributed by atoms with Crippen molar-refractivity contribution >= 4 is 5.96 Å². The fourth-order valence-electron chi connectivity index (χ4n) is 1.61. The molecule has 1 aliphatic heterocycles. The summed E-state index contributed by atoms with van der Waals surface area (Å²) in [7, 11) is 0. The first kappa shape index (κ1) is 12.3. The van der Waals surface area contributed by atoms with Gasteiger partial charge in [0, 0.05) is 13.1 Å². The van der Waals surface area contributed by atoms with Crippen molar-refractivity contribution in [2.75, 3.05) is 32.8 Å². The smallest absolute Gasteiger partial charge is 0.252 e. The van der Waals surface area contributed by atoms with Crippen molar-refractivity contribution in [2.24, 2.45) is 10.7 Å². The van der Waals surface area contributed by atoms with Gasteiger partial charge in [0.15, 0.2) is 5.96 Å². The molecule has 1 aliphatic rings. The molecule has 96 valence electrons. The third-order valence-corrected chi connectivity index (χ3v) is 2.57. The number of hydrogen-bond acceptors (Lipinski definition) is 5. The van der Waals surface area contributed by atoms with Gasteiger partial charge in [0.1, 0.15) is 12.4 Å². The van der Waals surface area contributed by atoms with Crippen LogP contribution in [0.25, 0.3) is 0 Å². The minimum absolute atomic E-state index is 0.167. The number of ether oxygens (including phenoxy) is 1. The summed E-state index contributed by atoms with van der Waals surface area (Å²) >= 11 is 0. The van der Waals surface area contributed by atoms with Crippen LogP contribution in [0.4, 0.5) is 0 Å². The Hall–Kier alpha value is -2.14. The highest BCUT2D eigenvalue weighted by Gasteiger charge is 2.11. The van der Waals surface area contributed by atoms with Gasteiger partial charge in [-0.05, 0) is 0 Å². The SMILES string of the molecule is N#Cc1ncn(CCN=C(N)N2CCOCC2)n1. The first-order chi connectivity index (χ1) is 8.79. The van der Waals surface area contributed by atoms with Crippen LogP contribution < -0.4 is 5.73 Å². The van der Waals surface area contributed by atoms with Crippen LogP contribution in [0, 0.1) is 11.3 Å². The van der Waals surface area contributed by atoms with Gasteiger partial charge in [-0.25, -0.2) is 9.67 Å². The zero-order chi connectivity index (χ0) is 12.8. The van der Waals surface area contributed by atoms with Gasteiger partial charge in [0.2, 0.25) is 0 Å². The lowest BCUT2D eigenvalue weighted by atomic mass is 10.4. The van der Waals surface area contributed by atoms with Gasteiger partial charge < -0.3 is 15.4 Å². The first-order valence-corrected chi connectivity index (χ1v) is 5.72. The van der Waals surface area contributed by atoms with Gasteiger partial charge in [-0.1, -0.05) is 0 Å². The van der Waals surface area contributed by atoms with Crippen molar-refractivity contribution in [2.45, 2.75) is 6.54 Å². The highest BCUT2D eigenvalue weighted by atomic mass is 16.5. The van der Waals surface area contributed by atoms with E-state index in [1.54, 1.807) is 4.68 Å². The zero-order valence-corrected chi connectivity index (χ0v) is 9.99. The van der Waals surface area contributed by atoms with Crippen molar-refractivity contribution < 1.29 is 4.74 Å². The number of nitrogens with zero attached hydrogens (tertiary/aromatic N) is 6. The summed E-state index contributed by atoms with van der Waals surface area (Å²) < 4.78 is 6.81. The molecule has 18 heavy (non-hydrogen) atoms. The average molecular weight is 249 g/mol. The number of nitrogens with two attached hydrogens (primary N) is 1. The Bertz CT molecular complexity index is 455. The molecule has 8 heteroatoms. The van der Waals surface area contributed by atoms with Crippen LogP contribution in [0.5, 0.6) is 0 Å². The third kappa shape index (κ3) is 3.18. The van der Waals surface area contributed by atoms with E-state index < -0.39 is 0 Å². The van der Waals surface area contributed by atoms with Crippen LogP contribution in [-0.4, -0.2) is 58.5 Å². The first-order valence-electron chi connectivity index (χ1n) is 5.72. The van der Waals surface area contributed by atoms with Gasteiger partial charge >= 0.3 is 0 Å². The summed E-state index contributed by atoms with van der Waals surface area (Å²) in [6.45, 7) is 3.99. The standard InChI is InChI=1S/C10H15N7O/c11-7-9-14-8-17(15-9)2-1-13-10(12)16-3-5-18-6-4-16/h8H,1-6H2,(H2,12,13). The van der Waals surface area contributed by atoms with Crippen LogP contribution >= 0.6 is 0 Å². The molecule has 0 amide bonds. The maximum Gasteiger partial charge on any atom is 0.252 e. The molecule has 0 unspecified atom stereocenters. The van der Waals surface area contributed by atoms with E-state index in [1.807, 2.05) is 11.0 Å². The molecule has 1 fully saturated rings. The number of hydrogen-bond donors (Lipinski definition) is 1. The van der Waals surface area contributed by atoms with E-state index in [0.29, 0.717) is 32.3 Å². The number of aromatic nitrogens is 3. The molecular formula is C10H15N7O. The number of guanidine groups is 1. The predicted octanol–water partition coefficient (Wildman–Crippen LogP) is -1.20. The number of aliphatic imine (C=N–C) groups is 1. The number of nitriles is 1. The Balaban J connectivity index is 1.81. The van der Waals surface area contributed by atoms with Crippen molar-refractivity contribution in [1.82, 2.24) is 19.7 Å². The van der Waals surface area contributed by atoms with Crippen molar-refractivity contribution in [3.8, 4) is 6.07 Å². The lowest BCUT2D eigenvalue weighted by Gasteiger charge is -2.27. The zero-order valence-electron chi connectivity index (χ0n) is 9.99.